The summed E-state index contributed by atoms with van der Waals surface area (Å²) in [5.41, 5.74) is 1.17. The summed E-state index contributed by atoms with van der Waals surface area (Å²) in [6, 6.07) is 0.744. The van der Waals surface area contributed by atoms with Crippen LogP contribution in [0.1, 0.15) is 52.3 Å². The zero-order valence-corrected chi connectivity index (χ0v) is 17.6. The molecule has 0 bridgehead atoms. The topological polar surface area (TPSA) is 44.7 Å². The Morgan fingerprint density at radius 2 is 1.59 bits per heavy atom. The van der Waals surface area contributed by atoms with Crippen LogP contribution in [0, 0.1) is 0 Å². The monoisotopic (exact) mass is 375 g/mol. The Bertz CT molecular complexity index is 546. The lowest BCUT2D eigenvalue weighted by Gasteiger charge is -2.43. The molecule has 2 aliphatic heterocycles. The number of hydrogen-bond donors (Lipinski definition) is 0. The molecule has 2 fully saturated rings. The predicted molar refractivity (Wildman–Crippen MR) is 110 cm³/mol. The van der Waals surface area contributed by atoms with E-state index in [1.165, 1.54) is 31.6 Å². The number of piperidine rings is 1. The van der Waals surface area contributed by atoms with E-state index in [1.54, 1.807) is 0 Å². The average molecular weight is 376 g/mol. The molecule has 3 rings (SSSR count). The van der Waals surface area contributed by atoms with Crippen LogP contribution in [0.2, 0.25) is 0 Å². The first-order valence-corrected chi connectivity index (χ1v) is 10.7. The van der Waals surface area contributed by atoms with E-state index >= 15 is 0 Å². The third kappa shape index (κ3) is 5.87. The van der Waals surface area contributed by atoms with E-state index in [9.17, 15) is 0 Å². The summed E-state index contributed by atoms with van der Waals surface area (Å²) in [7, 11) is 0. The number of anilines is 1. The quantitative estimate of drug-likeness (QED) is 0.730. The molecule has 3 heterocycles. The minimum Gasteiger partial charge on any atom is -0.377 e. The van der Waals surface area contributed by atoms with E-state index in [0.29, 0.717) is 12.0 Å². The van der Waals surface area contributed by atoms with Crippen molar-refractivity contribution in [1.29, 1.82) is 0 Å². The smallest absolute Gasteiger partial charge is 0.130 e. The van der Waals surface area contributed by atoms with Gasteiger partial charge in [-0.05, 0) is 39.8 Å². The molecule has 0 spiro atoms. The summed E-state index contributed by atoms with van der Waals surface area (Å²) in [6.45, 7) is 17.3. The zero-order valence-electron chi connectivity index (χ0n) is 17.6. The second-order valence-electron chi connectivity index (χ2n) is 8.47. The van der Waals surface area contributed by atoms with Crippen LogP contribution in [0.25, 0.3) is 0 Å². The first-order chi connectivity index (χ1) is 13.0. The van der Waals surface area contributed by atoms with Crippen LogP contribution < -0.4 is 4.90 Å². The lowest BCUT2D eigenvalue weighted by molar-refractivity contribution is 0.0426. The van der Waals surface area contributed by atoms with Crippen molar-refractivity contribution in [3.63, 3.8) is 0 Å². The van der Waals surface area contributed by atoms with Crippen molar-refractivity contribution < 1.29 is 4.74 Å². The fraction of sp³-hybridized carbons (Fsp3) is 0.810. The maximum absolute atomic E-state index is 5.69. The molecule has 1 aromatic rings. The summed E-state index contributed by atoms with van der Waals surface area (Å²) in [4.78, 5) is 16.7. The molecule has 6 nitrogen and oxygen atoms in total. The predicted octanol–water partition coefficient (Wildman–Crippen LogP) is 2.61. The van der Waals surface area contributed by atoms with Crippen LogP contribution in [0.3, 0.4) is 0 Å². The van der Waals surface area contributed by atoms with Gasteiger partial charge in [0.1, 0.15) is 5.82 Å². The normalized spacial score (nSPS) is 20.7. The Morgan fingerprint density at radius 3 is 2.15 bits per heavy atom. The minimum atomic E-state index is 0.339. The van der Waals surface area contributed by atoms with E-state index in [1.807, 2.05) is 12.4 Å². The maximum Gasteiger partial charge on any atom is 0.130 e. The lowest BCUT2D eigenvalue weighted by Crippen LogP contribution is -2.53. The Morgan fingerprint density at radius 1 is 0.963 bits per heavy atom. The standard InChI is InChI=1S/C21H37N5O/c1-17(2)21-22-15-20(16-23-21)26-11-9-25(10-12-26)19-5-7-24(8-6-19)13-14-27-18(3)4/h15-19H,5-14H2,1-4H3. The van der Waals surface area contributed by atoms with Crippen molar-refractivity contribution in [1.82, 2.24) is 19.8 Å². The number of nitrogens with zero attached hydrogens (tertiary/aromatic N) is 5. The van der Waals surface area contributed by atoms with Gasteiger partial charge in [-0.2, -0.15) is 0 Å². The number of rotatable bonds is 7. The van der Waals surface area contributed by atoms with E-state index in [-0.39, 0.29) is 0 Å². The average Bonchev–Trinajstić information content (AvgIpc) is 2.68. The van der Waals surface area contributed by atoms with Gasteiger partial charge in [0.05, 0.1) is 30.8 Å². The highest BCUT2D eigenvalue weighted by Crippen LogP contribution is 2.21. The van der Waals surface area contributed by atoms with Gasteiger partial charge in [0, 0.05) is 44.7 Å². The maximum atomic E-state index is 5.69. The molecular weight excluding hydrogens is 338 g/mol. The molecule has 2 saturated heterocycles. The molecule has 0 N–H and O–H groups in total. The largest absolute Gasteiger partial charge is 0.377 e. The van der Waals surface area contributed by atoms with Crippen molar-refractivity contribution in [2.75, 3.05) is 57.3 Å². The van der Waals surface area contributed by atoms with Gasteiger partial charge in [0.25, 0.3) is 0 Å². The third-order valence-electron chi connectivity index (χ3n) is 5.79. The Labute approximate surface area is 164 Å². The van der Waals surface area contributed by atoms with Crippen molar-refractivity contribution in [3.8, 4) is 0 Å². The van der Waals surface area contributed by atoms with Crippen molar-refractivity contribution in [2.24, 2.45) is 0 Å². The number of hydrogen-bond acceptors (Lipinski definition) is 6. The van der Waals surface area contributed by atoms with Gasteiger partial charge in [0.2, 0.25) is 0 Å². The Balaban J connectivity index is 1.39. The molecule has 6 heteroatoms. The number of ether oxygens (including phenoxy) is 1. The van der Waals surface area contributed by atoms with Gasteiger partial charge in [0.15, 0.2) is 0 Å². The molecule has 2 aliphatic rings. The highest BCUT2D eigenvalue weighted by Gasteiger charge is 2.27. The molecule has 0 atom stereocenters. The van der Waals surface area contributed by atoms with Crippen LogP contribution >= 0.6 is 0 Å². The lowest BCUT2D eigenvalue weighted by atomic mass is 10.0. The Hall–Kier alpha value is -1.24. The summed E-state index contributed by atoms with van der Waals surface area (Å²) < 4.78 is 5.69. The number of likely N-dealkylation sites (tertiary alicyclic amines) is 1. The van der Waals surface area contributed by atoms with Crippen LogP contribution in [0.5, 0.6) is 0 Å². The second-order valence-corrected chi connectivity index (χ2v) is 8.47. The van der Waals surface area contributed by atoms with E-state index in [0.717, 1.165) is 51.2 Å². The second kappa shape index (κ2) is 9.80. The summed E-state index contributed by atoms with van der Waals surface area (Å²) >= 11 is 0. The highest BCUT2D eigenvalue weighted by atomic mass is 16.5. The first kappa shape index (κ1) is 20.5. The fourth-order valence-corrected chi connectivity index (χ4v) is 4.06. The molecule has 0 radical (unpaired) electrons. The fourth-order valence-electron chi connectivity index (χ4n) is 4.06. The number of aromatic nitrogens is 2. The van der Waals surface area contributed by atoms with Gasteiger partial charge in [-0.25, -0.2) is 9.97 Å². The highest BCUT2D eigenvalue weighted by molar-refractivity contribution is 5.42. The first-order valence-electron chi connectivity index (χ1n) is 10.7. The molecule has 27 heavy (non-hydrogen) atoms. The SMILES string of the molecule is CC(C)OCCN1CCC(N2CCN(c3cnc(C(C)C)nc3)CC2)CC1. The third-order valence-corrected chi connectivity index (χ3v) is 5.79. The molecular formula is C21H37N5O. The molecule has 0 aromatic carbocycles. The van der Waals surface area contributed by atoms with Gasteiger partial charge in [-0.1, -0.05) is 13.8 Å². The number of piperazine rings is 1. The molecule has 1 aromatic heterocycles. The molecule has 0 unspecified atom stereocenters. The van der Waals surface area contributed by atoms with Crippen molar-refractivity contribution in [2.45, 2.75) is 58.6 Å². The van der Waals surface area contributed by atoms with Crippen LogP contribution in [0.15, 0.2) is 12.4 Å². The summed E-state index contributed by atoms with van der Waals surface area (Å²) in [5, 5.41) is 0. The zero-order chi connectivity index (χ0) is 19.2. The van der Waals surface area contributed by atoms with Crippen LogP contribution in [-0.4, -0.2) is 84.3 Å². The van der Waals surface area contributed by atoms with Crippen molar-refractivity contribution in [3.05, 3.63) is 18.2 Å². The molecule has 152 valence electrons. The van der Waals surface area contributed by atoms with E-state index < -0.39 is 0 Å². The van der Waals surface area contributed by atoms with Crippen molar-refractivity contribution >= 4 is 5.69 Å². The van der Waals surface area contributed by atoms with Gasteiger partial charge < -0.3 is 14.5 Å². The van der Waals surface area contributed by atoms with E-state index in [4.69, 9.17) is 4.74 Å². The van der Waals surface area contributed by atoms with Crippen LogP contribution in [0.4, 0.5) is 5.69 Å². The summed E-state index contributed by atoms with van der Waals surface area (Å²) in [6.07, 6.45) is 6.90. The van der Waals surface area contributed by atoms with E-state index in [2.05, 4.69) is 52.4 Å². The van der Waals surface area contributed by atoms with Gasteiger partial charge >= 0.3 is 0 Å². The minimum absolute atomic E-state index is 0.339. The summed E-state index contributed by atoms with van der Waals surface area (Å²) in [5.74, 6) is 1.32. The van der Waals surface area contributed by atoms with Crippen LogP contribution in [-0.2, 0) is 4.74 Å². The van der Waals surface area contributed by atoms with Gasteiger partial charge in [-0.15, -0.1) is 0 Å². The molecule has 0 amide bonds. The Kier molecular flexibility index (Phi) is 7.44. The van der Waals surface area contributed by atoms with Gasteiger partial charge in [-0.3, -0.25) is 4.90 Å². The molecule has 0 aliphatic carbocycles. The molecule has 0 saturated carbocycles.